The average molecular weight is 281 g/mol. The van der Waals surface area contributed by atoms with Crippen LogP contribution in [-0.4, -0.2) is 43.7 Å². The van der Waals surface area contributed by atoms with Crippen molar-refractivity contribution in [3.8, 4) is 5.88 Å². The van der Waals surface area contributed by atoms with Gasteiger partial charge in [-0.2, -0.15) is 0 Å². The molecule has 1 aliphatic rings. The molecule has 2 heterocycles. The Kier molecular flexibility index (Phi) is 3.45. The summed E-state index contributed by atoms with van der Waals surface area (Å²) in [5.41, 5.74) is 0.577. The van der Waals surface area contributed by atoms with Crippen LogP contribution >= 0.6 is 0 Å². The van der Waals surface area contributed by atoms with E-state index in [0.717, 1.165) is 0 Å². The van der Waals surface area contributed by atoms with Crippen LogP contribution in [0.3, 0.4) is 0 Å². The van der Waals surface area contributed by atoms with E-state index in [0.29, 0.717) is 17.7 Å². The summed E-state index contributed by atoms with van der Waals surface area (Å²) in [5.74, 6) is -0.272. The topological polar surface area (TPSA) is 95.5 Å². The fourth-order valence-electron chi connectivity index (χ4n) is 2.18. The molecule has 0 spiro atoms. The third-order valence-electron chi connectivity index (χ3n) is 3.13. The van der Waals surface area contributed by atoms with E-state index < -0.39 is 17.7 Å². The Balaban J connectivity index is 2.28. The molecule has 0 radical (unpaired) electrons. The van der Waals surface area contributed by atoms with Crippen LogP contribution < -0.4 is 0 Å². The lowest BCUT2D eigenvalue weighted by Crippen LogP contribution is -2.49. The first-order chi connectivity index (χ1) is 9.19. The third kappa shape index (κ3) is 2.76. The van der Waals surface area contributed by atoms with Crippen molar-refractivity contribution in [3.05, 3.63) is 11.3 Å². The fourth-order valence-corrected chi connectivity index (χ4v) is 2.18. The van der Waals surface area contributed by atoms with Gasteiger partial charge in [0, 0.05) is 12.1 Å². The SMILES string of the molecule is CC(=O)C1Cc2[nH]nc(O)c2CN1C(=O)OC(C)(C)C. The average Bonchev–Trinajstić information content (AvgIpc) is 2.67. The minimum absolute atomic E-state index is 0.108. The molecule has 1 amide bonds. The van der Waals surface area contributed by atoms with Gasteiger partial charge in [0.1, 0.15) is 5.60 Å². The molecule has 0 aromatic carbocycles. The Morgan fingerprint density at radius 2 is 2.10 bits per heavy atom. The van der Waals surface area contributed by atoms with Gasteiger partial charge in [-0.05, 0) is 27.7 Å². The number of ether oxygens (including phenoxy) is 1. The molecule has 1 atom stereocenters. The lowest BCUT2D eigenvalue weighted by atomic mass is 9.98. The monoisotopic (exact) mass is 281 g/mol. The first kappa shape index (κ1) is 14.4. The second-order valence-electron chi connectivity index (χ2n) is 5.94. The number of ketones is 1. The van der Waals surface area contributed by atoms with Gasteiger partial charge in [0.05, 0.1) is 18.2 Å². The predicted octanol–water partition coefficient (Wildman–Crippen LogP) is 1.37. The number of H-pyrrole nitrogens is 1. The molecule has 1 aliphatic heterocycles. The Bertz CT molecular complexity index is 544. The van der Waals surface area contributed by atoms with Crippen LogP contribution in [0.2, 0.25) is 0 Å². The zero-order valence-corrected chi connectivity index (χ0v) is 12.1. The van der Waals surface area contributed by atoms with Crippen molar-refractivity contribution in [3.63, 3.8) is 0 Å². The number of carbonyl (C=O) groups is 2. The molecule has 0 bridgehead atoms. The Hall–Kier alpha value is -2.05. The van der Waals surface area contributed by atoms with Crippen LogP contribution in [0.25, 0.3) is 0 Å². The zero-order chi connectivity index (χ0) is 15.1. The molecule has 7 nitrogen and oxygen atoms in total. The molecular weight excluding hydrogens is 262 g/mol. The van der Waals surface area contributed by atoms with E-state index in [1.165, 1.54) is 11.8 Å². The molecule has 1 aromatic heterocycles. The van der Waals surface area contributed by atoms with E-state index in [1.807, 2.05) is 0 Å². The first-order valence-corrected chi connectivity index (χ1v) is 6.44. The molecule has 2 N–H and O–H groups in total. The number of aromatic nitrogens is 2. The Morgan fingerprint density at radius 3 is 2.65 bits per heavy atom. The molecule has 20 heavy (non-hydrogen) atoms. The minimum atomic E-state index is -0.642. The molecule has 0 saturated heterocycles. The van der Waals surface area contributed by atoms with Crippen LogP contribution in [0.15, 0.2) is 0 Å². The second kappa shape index (κ2) is 4.81. The fraction of sp³-hybridized carbons (Fsp3) is 0.615. The van der Waals surface area contributed by atoms with Crippen LogP contribution in [0.4, 0.5) is 4.79 Å². The third-order valence-corrected chi connectivity index (χ3v) is 3.13. The van der Waals surface area contributed by atoms with Crippen molar-refractivity contribution in [1.82, 2.24) is 15.1 Å². The van der Waals surface area contributed by atoms with E-state index >= 15 is 0 Å². The molecule has 7 heteroatoms. The summed E-state index contributed by atoms with van der Waals surface area (Å²) in [6.07, 6.45) is -0.263. The quantitative estimate of drug-likeness (QED) is 0.810. The van der Waals surface area contributed by atoms with Crippen LogP contribution in [0, 0.1) is 0 Å². The maximum Gasteiger partial charge on any atom is 0.411 e. The summed E-state index contributed by atoms with van der Waals surface area (Å²) in [7, 11) is 0. The highest BCUT2D eigenvalue weighted by Crippen LogP contribution is 2.29. The van der Waals surface area contributed by atoms with Gasteiger partial charge in [-0.25, -0.2) is 4.79 Å². The maximum atomic E-state index is 12.2. The number of nitrogens with one attached hydrogen (secondary N) is 1. The first-order valence-electron chi connectivity index (χ1n) is 6.44. The van der Waals surface area contributed by atoms with Gasteiger partial charge >= 0.3 is 6.09 Å². The van der Waals surface area contributed by atoms with Crippen molar-refractivity contribution in [1.29, 1.82) is 0 Å². The van der Waals surface area contributed by atoms with Crippen LogP contribution in [-0.2, 0) is 22.5 Å². The Morgan fingerprint density at radius 1 is 1.45 bits per heavy atom. The summed E-state index contributed by atoms with van der Waals surface area (Å²) < 4.78 is 5.31. The molecule has 2 rings (SSSR count). The van der Waals surface area contributed by atoms with Crippen molar-refractivity contribution in [2.45, 2.75) is 52.3 Å². The Labute approximate surface area is 116 Å². The zero-order valence-electron chi connectivity index (χ0n) is 12.1. The summed E-state index contributed by atoms with van der Waals surface area (Å²) >= 11 is 0. The largest absolute Gasteiger partial charge is 0.492 e. The molecule has 0 fully saturated rings. The van der Waals surface area contributed by atoms with Gasteiger partial charge in [0.15, 0.2) is 5.78 Å². The van der Waals surface area contributed by atoms with E-state index in [4.69, 9.17) is 4.74 Å². The molecule has 110 valence electrons. The summed E-state index contributed by atoms with van der Waals surface area (Å²) in [5, 5.41) is 16.0. The number of hydrogen-bond donors (Lipinski definition) is 2. The van der Waals surface area contributed by atoms with Crippen molar-refractivity contribution < 1.29 is 19.4 Å². The van der Waals surface area contributed by atoms with Gasteiger partial charge < -0.3 is 9.84 Å². The molecule has 0 saturated carbocycles. The number of fused-ring (bicyclic) bond motifs is 1. The van der Waals surface area contributed by atoms with E-state index in [9.17, 15) is 14.7 Å². The number of amides is 1. The summed E-state index contributed by atoms with van der Waals surface area (Å²) in [6, 6.07) is -0.600. The highest BCUT2D eigenvalue weighted by Gasteiger charge is 2.37. The number of hydrogen-bond acceptors (Lipinski definition) is 5. The van der Waals surface area contributed by atoms with E-state index in [2.05, 4.69) is 10.2 Å². The van der Waals surface area contributed by atoms with Crippen LogP contribution in [0.5, 0.6) is 5.88 Å². The number of carbonyl (C=O) groups excluding carboxylic acids is 2. The smallest absolute Gasteiger partial charge is 0.411 e. The van der Waals surface area contributed by atoms with Gasteiger partial charge in [-0.15, -0.1) is 5.10 Å². The number of aromatic amines is 1. The molecular formula is C13H19N3O4. The summed E-state index contributed by atoms with van der Waals surface area (Å²) in [4.78, 5) is 25.3. The van der Waals surface area contributed by atoms with E-state index in [-0.39, 0.29) is 18.2 Å². The van der Waals surface area contributed by atoms with Gasteiger partial charge in [-0.1, -0.05) is 0 Å². The molecule has 1 aromatic rings. The van der Waals surface area contributed by atoms with Gasteiger partial charge in [-0.3, -0.25) is 14.8 Å². The van der Waals surface area contributed by atoms with Gasteiger partial charge in [0.25, 0.3) is 0 Å². The standard InChI is InChI=1S/C13H19N3O4/c1-7(17)10-5-9-8(11(18)15-14-9)6-16(10)12(19)20-13(2,3)4/h10H,5-6H2,1-4H3,(H2,14,15,18). The number of rotatable bonds is 1. The highest BCUT2D eigenvalue weighted by atomic mass is 16.6. The van der Waals surface area contributed by atoms with Crippen molar-refractivity contribution in [2.75, 3.05) is 0 Å². The minimum Gasteiger partial charge on any atom is -0.492 e. The molecule has 1 unspecified atom stereocenters. The number of aromatic hydroxyl groups is 1. The summed E-state index contributed by atoms with van der Waals surface area (Å²) in [6.45, 7) is 6.83. The number of nitrogens with zero attached hydrogens (tertiary/aromatic N) is 2. The maximum absolute atomic E-state index is 12.2. The molecule has 0 aliphatic carbocycles. The normalized spacial score (nSPS) is 18.6. The highest BCUT2D eigenvalue weighted by molar-refractivity contribution is 5.86. The predicted molar refractivity (Wildman–Crippen MR) is 70.2 cm³/mol. The van der Waals surface area contributed by atoms with Gasteiger partial charge in [0.2, 0.25) is 5.88 Å². The number of Topliss-reactive ketones (excluding diaryl/α,β-unsaturated/α-hetero) is 1. The van der Waals surface area contributed by atoms with Crippen molar-refractivity contribution >= 4 is 11.9 Å². The van der Waals surface area contributed by atoms with E-state index in [1.54, 1.807) is 20.8 Å². The lowest BCUT2D eigenvalue weighted by Gasteiger charge is -2.35. The lowest BCUT2D eigenvalue weighted by molar-refractivity contribution is -0.122. The van der Waals surface area contributed by atoms with Crippen LogP contribution in [0.1, 0.15) is 39.0 Å². The second-order valence-corrected chi connectivity index (χ2v) is 5.94. The van der Waals surface area contributed by atoms with Crippen molar-refractivity contribution in [2.24, 2.45) is 0 Å².